The van der Waals surface area contributed by atoms with Crippen LogP contribution in [0.3, 0.4) is 0 Å². The second-order valence-electron chi connectivity index (χ2n) is 9.48. The predicted molar refractivity (Wildman–Crippen MR) is 141 cm³/mol. The molecule has 2 amide bonds. The Morgan fingerprint density at radius 3 is 2.53 bits per heavy atom. The number of hydrogen-bond donors (Lipinski definition) is 0. The van der Waals surface area contributed by atoms with Gasteiger partial charge < -0.3 is 19.1 Å². The van der Waals surface area contributed by atoms with E-state index >= 15 is 0 Å². The molecule has 0 bridgehead atoms. The van der Waals surface area contributed by atoms with Crippen molar-refractivity contribution in [2.45, 2.75) is 32.5 Å². The highest BCUT2D eigenvalue weighted by molar-refractivity contribution is 6.00. The van der Waals surface area contributed by atoms with Crippen LogP contribution in [0.2, 0.25) is 0 Å². The number of carbonyl (C=O) groups is 2. The van der Waals surface area contributed by atoms with Crippen LogP contribution in [0, 0.1) is 0 Å². The first-order valence-electron chi connectivity index (χ1n) is 12.3. The number of methoxy groups -OCH3 is 1. The molecule has 0 radical (unpaired) electrons. The van der Waals surface area contributed by atoms with Gasteiger partial charge in [0.1, 0.15) is 12.3 Å². The zero-order chi connectivity index (χ0) is 25.2. The Morgan fingerprint density at radius 1 is 0.944 bits per heavy atom. The van der Waals surface area contributed by atoms with E-state index in [0.29, 0.717) is 12.1 Å². The number of rotatable bonds is 6. The summed E-state index contributed by atoms with van der Waals surface area (Å²) in [6, 6.07) is 25.2. The fourth-order valence-corrected chi connectivity index (χ4v) is 5.03. The van der Waals surface area contributed by atoms with E-state index in [-0.39, 0.29) is 30.4 Å². The maximum atomic E-state index is 13.8. The van der Waals surface area contributed by atoms with Crippen molar-refractivity contribution >= 4 is 22.6 Å². The summed E-state index contributed by atoms with van der Waals surface area (Å²) in [7, 11) is 1.64. The molecule has 0 spiro atoms. The molecule has 184 valence electrons. The quantitative estimate of drug-likeness (QED) is 0.384. The minimum absolute atomic E-state index is 0.0184. The molecule has 0 unspecified atom stereocenters. The standard InChI is InChI=1S/C30H31N3O3/c1-21(2)33(30(35)25-14-13-22-8-4-5-9-23(22)18-25)20-28(34)32-17-16-31-15-7-12-27(31)29(32)24-10-6-11-26(19-24)36-3/h4-15,18-19,21,29H,16-17,20H2,1-3H3/t29-/m1/s1. The summed E-state index contributed by atoms with van der Waals surface area (Å²) in [6.45, 7) is 5.21. The molecule has 0 saturated heterocycles. The third kappa shape index (κ3) is 4.47. The summed E-state index contributed by atoms with van der Waals surface area (Å²) in [4.78, 5) is 31.0. The molecule has 36 heavy (non-hydrogen) atoms. The molecule has 1 aromatic heterocycles. The van der Waals surface area contributed by atoms with E-state index in [1.165, 1.54) is 0 Å². The van der Waals surface area contributed by atoms with E-state index in [2.05, 4.69) is 10.6 Å². The summed E-state index contributed by atoms with van der Waals surface area (Å²) in [5.41, 5.74) is 2.63. The van der Waals surface area contributed by atoms with E-state index in [4.69, 9.17) is 4.74 Å². The Labute approximate surface area is 211 Å². The van der Waals surface area contributed by atoms with E-state index in [1.54, 1.807) is 12.0 Å². The van der Waals surface area contributed by atoms with Crippen molar-refractivity contribution in [2.75, 3.05) is 20.2 Å². The lowest BCUT2D eigenvalue weighted by Crippen LogP contribution is -2.49. The number of benzene rings is 3. The van der Waals surface area contributed by atoms with Crippen molar-refractivity contribution in [1.82, 2.24) is 14.4 Å². The average molecular weight is 482 g/mol. The predicted octanol–water partition coefficient (Wildman–Crippen LogP) is 5.13. The molecule has 6 nitrogen and oxygen atoms in total. The summed E-state index contributed by atoms with van der Waals surface area (Å²) >= 11 is 0. The van der Waals surface area contributed by atoms with Crippen LogP contribution in [0.25, 0.3) is 10.8 Å². The largest absolute Gasteiger partial charge is 0.497 e. The molecule has 1 aliphatic heterocycles. The molecule has 1 atom stereocenters. The lowest BCUT2D eigenvalue weighted by molar-refractivity contribution is -0.135. The van der Waals surface area contributed by atoms with Gasteiger partial charge in [-0.1, -0.05) is 42.5 Å². The Hall–Kier alpha value is -4.06. The van der Waals surface area contributed by atoms with Crippen LogP contribution < -0.4 is 4.74 Å². The van der Waals surface area contributed by atoms with Crippen molar-refractivity contribution in [3.05, 3.63) is 102 Å². The maximum absolute atomic E-state index is 13.8. The van der Waals surface area contributed by atoms with Gasteiger partial charge in [-0.2, -0.15) is 0 Å². The van der Waals surface area contributed by atoms with Gasteiger partial charge in [0.25, 0.3) is 5.91 Å². The second-order valence-corrected chi connectivity index (χ2v) is 9.48. The van der Waals surface area contributed by atoms with Crippen LogP contribution >= 0.6 is 0 Å². The Balaban J connectivity index is 1.44. The van der Waals surface area contributed by atoms with Crippen LogP contribution in [-0.2, 0) is 11.3 Å². The minimum atomic E-state index is -0.249. The summed E-state index contributed by atoms with van der Waals surface area (Å²) in [6.07, 6.45) is 2.05. The number of amides is 2. The highest BCUT2D eigenvalue weighted by atomic mass is 16.5. The van der Waals surface area contributed by atoms with Gasteiger partial charge in [0.05, 0.1) is 13.2 Å². The van der Waals surface area contributed by atoms with Crippen molar-refractivity contribution in [3.63, 3.8) is 0 Å². The van der Waals surface area contributed by atoms with Crippen molar-refractivity contribution in [3.8, 4) is 5.75 Å². The van der Waals surface area contributed by atoms with Gasteiger partial charge in [-0.05, 0) is 66.6 Å². The molecular formula is C30H31N3O3. The molecule has 3 aromatic carbocycles. The highest BCUT2D eigenvalue weighted by Crippen LogP contribution is 2.34. The third-order valence-corrected chi connectivity index (χ3v) is 6.95. The van der Waals surface area contributed by atoms with Gasteiger partial charge in [0.15, 0.2) is 0 Å². The molecular weight excluding hydrogens is 450 g/mol. The molecule has 0 saturated carbocycles. The number of aromatic nitrogens is 1. The van der Waals surface area contributed by atoms with Crippen LogP contribution in [0.15, 0.2) is 85.1 Å². The fourth-order valence-electron chi connectivity index (χ4n) is 5.03. The second kappa shape index (κ2) is 9.90. The Kier molecular flexibility index (Phi) is 6.51. The Morgan fingerprint density at radius 2 is 1.75 bits per heavy atom. The smallest absolute Gasteiger partial charge is 0.254 e. The lowest BCUT2D eigenvalue weighted by Gasteiger charge is -2.39. The molecule has 0 fully saturated rings. The van der Waals surface area contributed by atoms with E-state index < -0.39 is 0 Å². The minimum Gasteiger partial charge on any atom is -0.497 e. The molecule has 5 rings (SSSR count). The molecule has 0 N–H and O–H groups in total. The Bertz CT molecular complexity index is 1410. The fraction of sp³-hybridized carbons (Fsp3) is 0.267. The van der Waals surface area contributed by atoms with Crippen LogP contribution in [0.1, 0.15) is 41.5 Å². The third-order valence-electron chi connectivity index (χ3n) is 6.95. The highest BCUT2D eigenvalue weighted by Gasteiger charge is 2.34. The maximum Gasteiger partial charge on any atom is 0.254 e. The van der Waals surface area contributed by atoms with Crippen molar-refractivity contribution < 1.29 is 14.3 Å². The van der Waals surface area contributed by atoms with Gasteiger partial charge in [-0.25, -0.2) is 0 Å². The first-order valence-corrected chi connectivity index (χ1v) is 12.3. The lowest BCUT2D eigenvalue weighted by atomic mass is 9.99. The van der Waals surface area contributed by atoms with E-state index in [9.17, 15) is 9.59 Å². The average Bonchev–Trinajstić information content (AvgIpc) is 3.39. The van der Waals surface area contributed by atoms with Gasteiger partial charge in [0.2, 0.25) is 5.91 Å². The van der Waals surface area contributed by atoms with Crippen LogP contribution in [0.4, 0.5) is 0 Å². The molecule has 6 heteroatoms. The zero-order valence-electron chi connectivity index (χ0n) is 20.9. The summed E-state index contributed by atoms with van der Waals surface area (Å²) in [5, 5.41) is 2.09. The van der Waals surface area contributed by atoms with E-state index in [0.717, 1.165) is 34.3 Å². The SMILES string of the molecule is COc1cccc([C@@H]2c3cccn3CCN2C(=O)CN(C(=O)c2ccc3ccccc3c2)C(C)C)c1. The normalized spacial score (nSPS) is 15.1. The first kappa shape index (κ1) is 23.7. The van der Waals surface area contributed by atoms with Crippen LogP contribution in [-0.4, -0.2) is 52.4 Å². The zero-order valence-corrected chi connectivity index (χ0v) is 20.9. The van der Waals surface area contributed by atoms with Gasteiger partial charge in [-0.3, -0.25) is 9.59 Å². The van der Waals surface area contributed by atoms with Gasteiger partial charge >= 0.3 is 0 Å². The van der Waals surface area contributed by atoms with E-state index in [1.807, 2.05) is 97.7 Å². The van der Waals surface area contributed by atoms with Crippen molar-refractivity contribution in [2.24, 2.45) is 0 Å². The molecule has 0 aliphatic carbocycles. The summed E-state index contributed by atoms with van der Waals surface area (Å²) < 4.78 is 7.64. The van der Waals surface area contributed by atoms with Gasteiger partial charge in [-0.15, -0.1) is 0 Å². The van der Waals surface area contributed by atoms with Crippen molar-refractivity contribution in [1.29, 1.82) is 0 Å². The number of carbonyl (C=O) groups excluding carboxylic acids is 2. The van der Waals surface area contributed by atoms with Gasteiger partial charge in [0, 0.05) is 36.6 Å². The number of nitrogens with zero attached hydrogens (tertiary/aromatic N) is 3. The van der Waals surface area contributed by atoms with Crippen LogP contribution in [0.5, 0.6) is 5.75 Å². The first-order chi connectivity index (χ1) is 17.5. The topological polar surface area (TPSA) is 54.8 Å². The molecule has 2 heterocycles. The number of ether oxygens (including phenoxy) is 1. The monoisotopic (exact) mass is 481 g/mol. The number of fused-ring (bicyclic) bond motifs is 2. The number of hydrogen-bond acceptors (Lipinski definition) is 3. The summed E-state index contributed by atoms with van der Waals surface area (Å²) in [5.74, 6) is 0.541. The molecule has 4 aromatic rings. The molecule has 1 aliphatic rings.